The molecule has 2 unspecified atom stereocenters. The Morgan fingerprint density at radius 3 is 2.50 bits per heavy atom. The third kappa shape index (κ3) is 7.17. The lowest BCUT2D eigenvalue weighted by atomic mass is 9.98. The number of H-pyrrole nitrogens is 1. The van der Waals surface area contributed by atoms with Crippen molar-refractivity contribution in [3.63, 3.8) is 0 Å². The second kappa shape index (κ2) is 13.8. The van der Waals surface area contributed by atoms with E-state index in [0.29, 0.717) is 29.0 Å². The van der Waals surface area contributed by atoms with Crippen molar-refractivity contribution in [1.29, 1.82) is 0 Å². The molecule has 5 aromatic rings. The van der Waals surface area contributed by atoms with Crippen molar-refractivity contribution >= 4 is 17.0 Å². The molecule has 1 heterocycles. The average Bonchev–Trinajstić information content (AvgIpc) is 3.03. The number of carboxylic acid groups (broad SMARTS) is 1. The number of ether oxygens (including phenoxy) is 2. The first-order chi connectivity index (χ1) is 21.3. The summed E-state index contributed by atoms with van der Waals surface area (Å²) >= 11 is 0. The summed E-state index contributed by atoms with van der Waals surface area (Å²) in [7, 11) is 1.59. The number of carbonyl (C=O) groups is 1. The number of amides is 1. The molecule has 226 valence electrons. The van der Waals surface area contributed by atoms with Crippen molar-refractivity contribution in [2.45, 2.75) is 25.3 Å². The third-order valence-corrected chi connectivity index (χ3v) is 7.27. The van der Waals surface area contributed by atoms with Crippen LogP contribution in [0.1, 0.15) is 40.0 Å². The van der Waals surface area contributed by atoms with Crippen LogP contribution in [0, 0.1) is 0 Å². The molecule has 44 heavy (non-hydrogen) atoms. The van der Waals surface area contributed by atoms with E-state index in [1.165, 1.54) is 12.1 Å². The standard InChI is InChI=1S/C34H33N3O7/c1-43-30-16-21(20-44-25-9-5-8-23(17-25)32(37-34(41)42)22-6-3-2-4-7-22)10-11-24(30)18-35-19-29(39)26-12-14-28(38)33-27(26)13-15-31(40)36-33/h2-17,29,32,35,37-39H,18-20H2,1H3,(H,36,40)(H,41,42). The van der Waals surface area contributed by atoms with Crippen molar-refractivity contribution in [3.8, 4) is 17.2 Å². The molecule has 10 nitrogen and oxygen atoms in total. The number of rotatable bonds is 12. The monoisotopic (exact) mass is 595 g/mol. The molecule has 1 amide bonds. The molecule has 0 aliphatic rings. The molecule has 0 saturated carbocycles. The maximum atomic E-state index is 11.7. The van der Waals surface area contributed by atoms with Crippen LogP contribution in [-0.2, 0) is 13.2 Å². The van der Waals surface area contributed by atoms with E-state index in [1.807, 2.05) is 72.8 Å². The Morgan fingerprint density at radius 1 is 0.932 bits per heavy atom. The summed E-state index contributed by atoms with van der Waals surface area (Å²) in [5.74, 6) is 1.19. The average molecular weight is 596 g/mol. The summed E-state index contributed by atoms with van der Waals surface area (Å²) in [6, 6.07) is 27.9. The highest BCUT2D eigenvalue weighted by atomic mass is 16.5. The van der Waals surface area contributed by atoms with Crippen LogP contribution in [0.25, 0.3) is 10.9 Å². The fraction of sp³-hybridized carbons (Fsp3) is 0.176. The molecule has 0 saturated heterocycles. The van der Waals surface area contributed by atoms with E-state index >= 15 is 0 Å². The smallest absolute Gasteiger partial charge is 0.405 e. The molecule has 0 aliphatic heterocycles. The lowest BCUT2D eigenvalue weighted by molar-refractivity contribution is 0.175. The van der Waals surface area contributed by atoms with Crippen LogP contribution in [0.2, 0.25) is 0 Å². The number of hydrogen-bond acceptors (Lipinski definition) is 7. The van der Waals surface area contributed by atoms with Gasteiger partial charge in [0.1, 0.15) is 23.9 Å². The minimum absolute atomic E-state index is 0.0605. The minimum atomic E-state index is -1.12. The summed E-state index contributed by atoms with van der Waals surface area (Å²) in [6.07, 6.45) is -2.00. The maximum Gasteiger partial charge on any atom is 0.405 e. The number of aliphatic hydroxyl groups is 1. The van der Waals surface area contributed by atoms with E-state index in [9.17, 15) is 24.9 Å². The Kier molecular flexibility index (Phi) is 9.43. The Hall–Kier alpha value is -5.32. The molecule has 10 heteroatoms. The fourth-order valence-electron chi connectivity index (χ4n) is 5.11. The van der Waals surface area contributed by atoms with Crippen molar-refractivity contribution in [2.75, 3.05) is 13.7 Å². The van der Waals surface area contributed by atoms with E-state index in [1.54, 1.807) is 19.2 Å². The number of aromatic amines is 1. The highest BCUT2D eigenvalue weighted by Crippen LogP contribution is 2.29. The van der Waals surface area contributed by atoms with Crippen LogP contribution in [0.4, 0.5) is 4.79 Å². The van der Waals surface area contributed by atoms with Crippen LogP contribution in [0.5, 0.6) is 17.2 Å². The second-order valence-electron chi connectivity index (χ2n) is 10.2. The lowest BCUT2D eigenvalue weighted by Gasteiger charge is -2.19. The summed E-state index contributed by atoms with van der Waals surface area (Å²) in [4.78, 5) is 25.8. The number of nitrogens with one attached hydrogen (secondary N) is 3. The molecule has 5 rings (SSSR count). The van der Waals surface area contributed by atoms with E-state index in [-0.39, 0.29) is 30.0 Å². The highest BCUT2D eigenvalue weighted by Gasteiger charge is 2.17. The van der Waals surface area contributed by atoms with Crippen LogP contribution in [-0.4, -0.2) is 40.1 Å². The topological polar surface area (TPSA) is 153 Å². The van der Waals surface area contributed by atoms with Gasteiger partial charge in [0.25, 0.3) is 0 Å². The zero-order valence-electron chi connectivity index (χ0n) is 24.0. The number of hydrogen-bond donors (Lipinski definition) is 6. The predicted octanol–water partition coefficient (Wildman–Crippen LogP) is 5.00. The molecule has 0 aliphatic carbocycles. The minimum Gasteiger partial charge on any atom is -0.506 e. The zero-order chi connectivity index (χ0) is 31.1. The summed E-state index contributed by atoms with van der Waals surface area (Å²) < 4.78 is 11.7. The van der Waals surface area contributed by atoms with Gasteiger partial charge in [-0.2, -0.15) is 0 Å². The number of benzene rings is 4. The molecular formula is C34H33N3O7. The first kappa shape index (κ1) is 30.1. The third-order valence-electron chi connectivity index (χ3n) is 7.27. The van der Waals surface area contributed by atoms with E-state index < -0.39 is 18.2 Å². The van der Waals surface area contributed by atoms with Gasteiger partial charge in [-0.15, -0.1) is 0 Å². The second-order valence-corrected chi connectivity index (χ2v) is 10.2. The van der Waals surface area contributed by atoms with Gasteiger partial charge in [-0.05, 0) is 52.6 Å². The predicted molar refractivity (Wildman–Crippen MR) is 166 cm³/mol. The van der Waals surface area contributed by atoms with Crippen LogP contribution >= 0.6 is 0 Å². The van der Waals surface area contributed by atoms with Gasteiger partial charge < -0.3 is 40.4 Å². The normalized spacial score (nSPS) is 12.4. The molecule has 1 aromatic heterocycles. The van der Waals surface area contributed by atoms with Gasteiger partial charge in [0.15, 0.2) is 0 Å². The van der Waals surface area contributed by atoms with Gasteiger partial charge in [0.05, 0.1) is 24.8 Å². The Labute approximate surface area is 253 Å². The molecule has 0 spiro atoms. The van der Waals surface area contributed by atoms with Crippen LogP contribution in [0.3, 0.4) is 0 Å². The SMILES string of the molecule is COc1cc(COc2cccc(C(NC(=O)O)c3ccccc3)c2)ccc1CNCC(O)c1ccc(O)c2[nH]c(=O)ccc12. The summed E-state index contributed by atoms with van der Waals surface area (Å²) in [5.41, 5.74) is 3.87. The van der Waals surface area contributed by atoms with Gasteiger partial charge in [0, 0.05) is 30.1 Å². The van der Waals surface area contributed by atoms with Gasteiger partial charge in [-0.25, -0.2) is 4.79 Å². The summed E-state index contributed by atoms with van der Waals surface area (Å²) in [5, 5.41) is 36.7. The van der Waals surface area contributed by atoms with Crippen molar-refractivity contribution < 1.29 is 29.6 Å². The van der Waals surface area contributed by atoms with E-state index in [0.717, 1.165) is 22.3 Å². The molecule has 6 N–H and O–H groups in total. The quantitative estimate of drug-likeness (QED) is 0.118. The van der Waals surface area contributed by atoms with Crippen molar-refractivity contribution in [1.82, 2.24) is 15.6 Å². The van der Waals surface area contributed by atoms with Crippen molar-refractivity contribution in [3.05, 3.63) is 135 Å². The number of fused-ring (bicyclic) bond motifs is 1. The van der Waals surface area contributed by atoms with E-state index in [4.69, 9.17) is 9.47 Å². The van der Waals surface area contributed by atoms with Crippen LogP contribution < -0.4 is 25.7 Å². The molecule has 0 fully saturated rings. The maximum absolute atomic E-state index is 11.7. The Bertz CT molecular complexity index is 1810. The number of phenolic OH excluding ortho intramolecular Hbond substituents is 1. The van der Waals surface area contributed by atoms with Gasteiger partial charge >= 0.3 is 6.09 Å². The number of methoxy groups -OCH3 is 1. The highest BCUT2D eigenvalue weighted by molar-refractivity contribution is 5.87. The number of aliphatic hydroxyl groups excluding tert-OH is 1. The van der Waals surface area contributed by atoms with Crippen LogP contribution in [0.15, 0.2) is 102 Å². The van der Waals surface area contributed by atoms with Crippen molar-refractivity contribution in [2.24, 2.45) is 0 Å². The largest absolute Gasteiger partial charge is 0.506 e. The first-order valence-corrected chi connectivity index (χ1v) is 14.0. The lowest BCUT2D eigenvalue weighted by Crippen LogP contribution is -2.27. The first-order valence-electron chi connectivity index (χ1n) is 14.0. The molecular weight excluding hydrogens is 562 g/mol. The number of aromatic hydroxyl groups is 1. The van der Waals surface area contributed by atoms with E-state index in [2.05, 4.69) is 15.6 Å². The zero-order valence-corrected chi connectivity index (χ0v) is 24.0. The number of phenols is 1. The van der Waals surface area contributed by atoms with Gasteiger partial charge in [-0.1, -0.05) is 60.7 Å². The molecule has 0 bridgehead atoms. The molecule has 2 atom stereocenters. The fourth-order valence-corrected chi connectivity index (χ4v) is 5.11. The summed E-state index contributed by atoms with van der Waals surface area (Å²) in [6.45, 7) is 0.919. The molecule has 4 aromatic carbocycles. The molecule has 0 radical (unpaired) electrons. The Balaban J connectivity index is 1.22. The van der Waals surface area contributed by atoms with Gasteiger partial charge in [-0.3, -0.25) is 4.79 Å². The number of aromatic nitrogens is 1. The number of pyridine rings is 1. The van der Waals surface area contributed by atoms with Gasteiger partial charge in [0.2, 0.25) is 5.56 Å². The Morgan fingerprint density at radius 2 is 1.73 bits per heavy atom.